The highest BCUT2D eigenvalue weighted by molar-refractivity contribution is 5.84. The average Bonchev–Trinajstić information content (AvgIpc) is 2.72. The topological polar surface area (TPSA) is 107 Å². The number of methoxy groups -OCH3 is 1. The highest BCUT2D eigenvalue weighted by atomic mass is 16.5. The number of nitrogens with zero attached hydrogens (tertiary/aromatic N) is 1. The summed E-state index contributed by atoms with van der Waals surface area (Å²) >= 11 is 0. The molecular formula is C22H20N4O2. The van der Waals surface area contributed by atoms with Crippen LogP contribution < -0.4 is 21.8 Å². The number of hydrogen-bond donors (Lipinski definition) is 3. The minimum Gasteiger partial charge on any atom is -0.496 e. The van der Waals surface area contributed by atoms with Crippen LogP contribution in [-0.4, -0.2) is 17.3 Å². The Bertz CT molecular complexity index is 1230. The number of aromatic nitrogens is 2. The highest BCUT2D eigenvalue weighted by Gasteiger charge is 2.11. The van der Waals surface area contributed by atoms with Crippen molar-refractivity contribution in [2.24, 2.45) is 0 Å². The molecule has 0 spiro atoms. The summed E-state index contributed by atoms with van der Waals surface area (Å²) in [5, 5.41) is 8.33. The fourth-order valence-electron chi connectivity index (χ4n) is 3.33. The minimum atomic E-state index is -0.188. The van der Waals surface area contributed by atoms with Crippen molar-refractivity contribution in [1.29, 1.82) is 0 Å². The van der Waals surface area contributed by atoms with Gasteiger partial charge >= 0.3 is 0 Å². The van der Waals surface area contributed by atoms with Crippen LogP contribution in [0.1, 0.15) is 11.3 Å². The van der Waals surface area contributed by atoms with Gasteiger partial charge in [0, 0.05) is 17.4 Å². The van der Waals surface area contributed by atoms with Crippen LogP contribution >= 0.6 is 0 Å². The molecule has 1 heterocycles. The number of ether oxygens (including phenoxy) is 1. The smallest absolute Gasteiger partial charge is 0.272 e. The number of H-pyrrole nitrogens is 1. The van der Waals surface area contributed by atoms with Crippen LogP contribution in [0.3, 0.4) is 0 Å². The fraction of sp³-hybridized carbons (Fsp3) is 0.0909. The van der Waals surface area contributed by atoms with Gasteiger partial charge in [0.1, 0.15) is 5.75 Å². The molecule has 0 unspecified atom stereocenters. The number of nitrogen functional groups attached to an aromatic ring is 2. The van der Waals surface area contributed by atoms with E-state index in [9.17, 15) is 4.79 Å². The van der Waals surface area contributed by atoms with E-state index in [1.165, 1.54) is 0 Å². The normalized spacial score (nSPS) is 10.9. The maximum absolute atomic E-state index is 12.0. The van der Waals surface area contributed by atoms with E-state index in [0.29, 0.717) is 23.2 Å². The van der Waals surface area contributed by atoms with Gasteiger partial charge in [-0.1, -0.05) is 30.3 Å². The molecule has 0 saturated heterocycles. The lowest BCUT2D eigenvalue weighted by Gasteiger charge is -2.13. The number of fused-ring (bicyclic) bond motifs is 1. The monoisotopic (exact) mass is 372 g/mol. The Labute approximate surface area is 161 Å². The van der Waals surface area contributed by atoms with Crippen molar-refractivity contribution in [3.8, 4) is 16.9 Å². The fourth-order valence-corrected chi connectivity index (χ4v) is 3.33. The average molecular weight is 372 g/mol. The Morgan fingerprint density at radius 1 is 0.964 bits per heavy atom. The van der Waals surface area contributed by atoms with Gasteiger partial charge in [-0.05, 0) is 41.5 Å². The standard InChI is InChI=1S/C22H20N4O2/c1-28-21-9-6-13(10-17(21)14-7-8-18(23)19(24)12-14)11-20-15-4-2-3-5-16(15)22(27)26-25-20/h2-10,12H,11,23-24H2,1H3,(H,26,27). The predicted molar refractivity (Wildman–Crippen MR) is 112 cm³/mol. The van der Waals surface area contributed by atoms with Crippen molar-refractivity contribution < 1.29 is 4.74 Å². The van der Waals surface area contributed by atoms with E-state index in [0.717, 1.165) is 33.5 Å². The van der Waals surface area contributed by atoms with Crippen molar-refractivity contribution >= 4 is 22.1 Å². The zero-order valence-electron chi connectivity index (χ0n) is 15.4. The first-order valence-electron chi connectivity index (χ1n) is 8.85. The Hall–Kier alpha value is -3.80. The number of aromatic amines is 1. The van der Waals surface area contributed by atoms with Crippen LogP contribution in [-0.2, 0) is 6.42 Å². The molecule has 0 aliphatic heterocycles. The van der Waals surface area contributed by atoms with Gasteiger partial charge in [0.05, 0.1) is 29.6 Å². The molecule has 0 aliphatic carbocycles. The molecule has 6 nitrogen and oxygen atoms in total. The largest absolute Gasteiger partial charge is 0.496 e. The summed E-state index contributed by atoms with van der Waals surface area (Å²) in [6.07, 6.45) is 0.568. The van der Waals surface area contributed by atoms with Crippen LogP contribution in [0.15, 0.2) is 65.5 Å². The van der Waals surface area contributed by atoms with Gasteiger partial charge in [-0.15, -0.1) is 0 Å². The third-order valence-corrected chi connectivity index (χ3v) is 4.81. The molecule has 0 bridgehead atoms. The molecule has 0 radical (unpaired) electrons. The van der Waals surface area contributed by atoms with E-state index < -0.39 is 0 Å². The van der Waals surface area contributed by atoms with Crippen molar-refractivity contribution in [3.05, 3.63) is 82.3 Å². The number of anilines is 2. The van der Waals surface area contributed by atoms with Gasteiger partial charge in [-0.25, -0.2) is 5.10 Å². The Morgan fingerprint density at radius 2 is 1.75 bits per heavy atom. The summed E-state index contributed by atoms with van der Waals surface area (Å²) in [5.74, 6) is 0.743. The Morgan fingerprint density at radius 3 is 2.50 bits per heavy atom. The van der Waals surface area contributed by atoms with E-state index in [2.05, 4.69) is 10.2 Å². The molecule has 0 aliphatic rings. The van der Waals surface area contributed by atoms with Crippen LogP contribution in [0, 0.1) is 0 Å². The highest BCUT2D eigenvalue weighted by Crippen LogP contribution is 2.34. The first kappa shape index (κ1) is 17.6. The first-order chi connectivity index (χ1) is 13.6. The van der Waals surface area contributed by atoms with E-state index >= 15 is 0 Å². The summed E-state index contributed by atoms with van der Waals surface area (Å²) in [6.45, 7) is 0. The van der Waals surface area contributed by atoms with Gasteiger partial charge in [-0.3, -0.25) is 4.79 Å². The molecule has 28 heavy (non-hydrogen) atoms. The quantitative estimate of drug-likeness (QED) is 0.476. The lowest BCUT2D eigenvalue weighted by atomic mass is 9.98. The van der Waals surface area contributed by atoms with Gasteiger partial charge in [0.2, 0.25) is 0 Å². The summed E-state index contributed by atoms with van der Waals surface area (Å²) < 4.78 is 5.53. The number of rotatable bonds is 4. The van der Waals surface area contributed by atoms with Crippen molar-refractivity contribution in [3.63, 3.8) is 0 Å². The molecule has 0 atom stereocenters. The second-order valence-electron chi connectivity index (χ2n) is 6.60. The second kappa shape index (κ2) is 7.08. The van der Waals surface area contributed by atoms with Gasteiger partial charge in [0.15, 0.2) is 0 Å². The van der Waals surface area contributed by atoms with Crippen molar-refractivity contribution in [1.82, 2.24) is 10.2 Å². The Kier molecular flexibility index (Phi) is 4.45. The van der Waals surface area contributed by atoms with E-state index in [-0.39, 0.29) is 5.56 Å². The van der Waals surface area contributed by atoms with Gasteiger partial charge < -0.3 is 16.2 Å². The lowest BCUT2D eigenvalue weighted by Crippen LogP contribution is -2.11. The summed E-state index contributed by atoms with van der Waals surface area (Å²) in [6, 6.07) is 19.0. The number of nitrogens with one attached hydrogen (secondary N) is 1. The maximum atomic E-state index is 12.0. The SMILES string of the molecule is COc1ccc(Cc2n[nH]c(=O)c3ccccc23)cc1-c1ccc(N)c(N)c1. The molecule has 0 saturated carbocycles. The van der Waals surface area contributed by atoms with E-state index in [1.54, 1.807) is 19.2 Å². The Balaban J connectivity index is 1.79. The zero-order valence-corrected chi connectivity index (χ0v) is 15.4. The molecule has 3 aromatic carbocycles. The summed E-state index contributed by atoms with van der Waals surface area (Å²) in [5.41, 5.74) is 16.4. The first-order valence-corrected chi connectivity index (χ1v) is 8.85. The van der Waals surface area contributed by atoms with Crippen LogP contribution in [0.25, 0.3) is 21.9 Å². The molecule has 6 heteroatoms. The number of hydrogen-bond acceptors (Lipinski definition) is 5. The zero-order chi connectivity index (χ0) is 19.7. The molecule has 140 valence electrons. The summed E-state index contributed by atoms with van der Waals surface area (Å²) in [7, 11) is 1.64. The third kappa shape index (κ3) is 3.16. The number of nitrogens with two attached hydrogens (primary N) is 2. The second-order valence-corrected chi connectivity index (χ2v) is 6.60. The predicted octanol–water partition coefficient (Wildman–Crippen LogP) is 3.35. The molecular weight excluding hydrogens is 352 g/mol. The minimum absolute atomic E-state index is 0.188. The van der Waals surface area contributed by atoms with Gasteiger partial charge in [0.25, 0.3) is 5.56 Å². The third-order valence-electron chi connectivity index (χ3n) is 4.81. The molecule has 4 aromatic rings. The number of benzene rings is 3. The molecule has 0 amide bonds. The lowest BCUT2D eigenvalue weighted by molar-refractivity contribution is 0.416. The maximum Gasteiger partial charge on any atom is 0.272 e. The molecule has 5 N–H and O–H groups in total. The van der Waals surface area contributed by atoms with E-state index in [1.807, 2.05) is 48.5 Å². The van der Waals surface area contributed by atoms with Crippen molar-refractivity contribution in [2.75, 3.05) is 18.6 Å². The van der Waals surface area contributed by atoms with Crippen molar-refractivity contribution in [2.45, 2.75) is 6.42 Å². The van der Waals surface area contributed by atoms with Crippen LogP contribution in [0.2, 0.25) is 0 Å². The van der Waals surface area contributed by atoms with Crippen LogP contribution in [0.5, 0.6) is 5.75 Å². The molecule has 0 fully saturated rings. The molecule has 4 rings (SSSR count). The van der Waals surface area contributed by atoms with E-state index in [4.69, 9.17) is 16.2 Å². The van der Waals surface area contributed by atoms with Gasteiger partial charge in [-0.2, -0.15) is 5.10 Å². The van der Waals surface area contributed by atoms with Crippen LogP contribution in [0.4, 0.5) is 11.4 Å². The molecule has 1 aromatic heterocycles. The summed E-state index contributed by atoms with van der Waals surface area (Å²) in [4.78, 5) is 12.0.